The van der Waals surface area contributed by atoms with Crippen LogP contribution in [0.5, 0.6) is 11.5 Å². The van der Waals surface area contributed by atoms with Gasteiger partial charge in [-0.05, 0) is 48.0 Å². The molecule has 158 valence electrons. The van der Waals surface area contributed by atoms with Gasteiger partial charge in [-0.3, -0.25) is 14.5 Å². The highest BCUT2D eigenvalue weighted by Gasteiger charge is 2.34. The first kappa shape index (κ1) is 22.2. The summed E-state index contributed by atoms with van der Waals surface area (Å²) in [5.41, 5.74) is 2.79. The maximum Gasteiger partial charge on any atom is 0.293 e. The van der Waals surface area contributed by atoms with Crippen molar-refractivity contribution in [3.05, 3.63) is 63.0 Å². The molecular weight excluding hydrogens is 426 g/mol. The van der Waals surface area contributed by atoms with Gasteiger partial charge in [0.15, 0.2) is 11.5 Å². The number of carbonyl (C=O) groups excluding carboxylic acids is 2. The van der Waals surface area contributed by atoms with Gasteiger partial charge in [-0.15, -0.1) is 0 Å². The Bertz CT molecular complexity index is 991. The third kappa shape index (κ3) is 5.16. The highest BCUT2D eigenvalue weighted by Crippen LogP contribution is 2.39. The molecule has 6 nitrogen and oxygen atoms in total. The Kier molecular flexibility index (Phi) is 7.42. The number of nitrogens with zero attached hydrogens (tertiary/aromatic N) is 1. The van der Waals surface area contributed by atoms with Gasteiger partial charge < -0.3 is 14.2 Å². The fraction of sp³-hybridized carbons (Fsp3) is 0.273. The minimum absolute atomic E-state index is 0.217. The molecule has 0 N–H and O–H groups in total. The van der Waals surface area contributed by atoms with Crippen molar-refractivity contribution < 1.29 is 23.8 Å². The van der Waals surface area contributed by atoms with Gasteiger partial charge >= 0.3 is 0 Å². The van der Waals surface area contributed by atoms with E-state index in [9.17, 15) is 9.59 Å². The van der Waals surface area contributed by atoms with E-state index in [1.807, 2.05) is 31.2 Å². The summed E-state index contributed by atoms with van der Waals surface area (Å²) in [6.45, 7) is 2.87. The molecular formula is C22H22ClNO5S. The number of carbonyl (C=O) groups is 2. The zero-order valence-electron chi connectivity index (χ0n) is 16.9. The summed E-state index contributed by atoms with van der Waals surface area (Å²) in [7, 11) is 3.04. The summed E-state index contributed by atoms with van der Waals surface area (Å²) < 4.78 is 16.3. The van der Waals surface area contributed by atoms with Gasteiger partial charge in [0.05, 0.1) is 30.2 Å². The highest BCUT2D eigenvalue weighted by molar-refractivity contribution is 8.18. The lowest BCUT2D eigenvalue weighted by molar-refractivity contribution is -0.123. The smallest absolute Gasteiger partial charge is 0.293 e. The summed E-state index contributed by atoms with van der Waals surface area (Å²) in [6, 6.07) is 11.4. The molecule has 2 aromatic rings. The second kappa shape index (κ2) is 10.0. The zero-order chi connectivity index (χ0) is 21.7. The maximum atomic E-state index is 12.5. The molecule has 0 unspecified atom stereocenters. The summed E-state index contributed by atoms with van der Waals surface area (Å²) in [4.78, 5) is 26.1. The normalized spacial score (nSPS) is 15.2. The number of halogens is 1. The summed E-state index contributed by atoms with van der Waals surface area (Å²) in [6.07, 6.45) is 1.62. The molecule has 3 rings (SSSR count). The minimum Gasteiger partial charge on any atom is -0.493 e. The van der Waals surface area contributed by atoms with Gasteiger partial charge in [-0.25, -0.2) is 0 Å². The first-order chi connectivity index (χ1) is 14.4. The number of thioether (sulfide) groups is 1. The number of aryl methyl sites for hydroxylation is 1. The van der Waals surface area contributed by atoms with Gasteiger partial charge in [0.1, 0.15) is 6.61 Å². The number of rotatable bonds is 8. The minimum atomic E-state index is -0.350. The van der Waals surface area contributed by atoms with E-state index in [0.29, 0.717) is 33.6 Å². The van der Waals surface area contributed by atoms with Crippen LogP contribution in [0.4, 0.5) is 4.79 Å². The van der Waals surface area contributed by atoms with Crippen LogP contribution in [-0.4, -0.2) is 43.4 Å². The topological polar surface area (TPSA) is 65.1 Å². The number of imide groups is 1. The summed E-state index contributed by atoms with van der Waals surface area (Å²) >= 11 is 7.33. The van der Waals surface area contributed by atoms with E-state index in [1.165, 1.54) is 14.2 Å². The van der Waals surface area contributed by atoms with Crippen LogP contribution in [0.25, 0.3) is 6.08 Å². The lowest BCUT2D eigenvalue weighted by atomic mass is 10.1. The third-order valence-corrected chi connectivity index (χ3v) is 5.60. The van der Waals surface area contributed by atoms with Crippen molar-refractivity contribution >= 4 is 40.6 Å². The molecule has 8 heteroatoms. The molecule has 0 spiro atoms. The molecule has 0 saturated carbocycles. The Labute approximate surface area is 184 Å². The van der Waals surface area contributed by atoms with Crippen molar-refractivity contribution in [1.29, 1.82) is 0 Å². The van der Waals surface area contributed by atoms with E-state index in [0.717, 1.165) is 27.8 Å². The van der Waals surface area contributed by atoms with Crippen LogP contribution in [0.15, 0.2) is 41.3 Å². The Morgan fingerprint density at radius 3 is 2.67 bits per heavy atom. The number of methoxy groups -OCH3 is 2. The van der Waals surface area contributed by atoms with Crippen LogP contribution in [0.1, 0.15) is 16.7 Å². The van der Waals surface area contributed by atoms with Gasteiger partial charge in [-0.2, -0.15) is 0 Å². The van der Waals surface area contributed by atoms with E-state index in [2.05, 4.69) is 0 Å². The number of benzene rings is 2. The molecule has 0 atom stereocenters. The van der Waals surface area contributed by atoms with E-state index < -0.39 is 0 Å². The first-order valence-electron chi connectivity index (χ1n) is 9.23. The van der Waals surface area contributed by atoms with Gasteiger partial charge in [0.25, 0.3) is 11.1 Å². The van der Waals surface area contributed by atoms with Crippen molar-refractivity contribution in [3.8, 4) is 11.5 Å². The molecule has 2 aromatic carbocycles. The van der Waals surface area contributed by atoms with Crippen LogP contribution in [0, 0.1) is 6.92 Å². The van der Waals surface area contributed by atoms with Crippen molar-refractivity contribution in [2.75, 3.05) is 27.4 Å². The molecule has 0 aromatic heterocycles. The monoisotopic (exact) mass is 447 g/mol. The van der Waals surface area contributed by atoms with Gasteiger partial charge in [0.2, 0.25) is 0 Å². The average molecular weight is 448 g/mol. The van der Waals surface area contributed by atoms with E-state index >= 15 is 0 Å². The number of amides is 2. The Morgan fingerprint density at radius 2 is 1.97 bits per heavy atom. The number of hydrogen-bond acceptors (Lipinski definition) is 6. The molecule has 1 fully saturated rings. The lowest BCUT2D eigenvalue weighted by Gasteiger charge is -2.14. The quantitative estimate of drug-likeness (QED) is 0.535. The third-order valence-electron chi connectivity index (χ3n) is 4.41. The van der Waals surface area contributed by atoms with Crippen LogP contribution in [0.3, 0.4) is 0 Å². The zero-order valence-corrected chi connectivity index (χ0v) is 18.5. The van der Waals surface area contributed by atoms with Crippen molar-refractivity contribution in [3.63, 3.8) is 0 Å². The van der Waals surface area contributed by atoms with Gasteiger partial charge in [-0.1, -0.05) is 41.4 Å². The molecule has 1 aliphatic heterocycles. The van der Waals surface area contributed by atoms with E-state index in [1.54, 1.807) is 18.2 Å². The molecule has 0 bridgehead atoms. The summed E-state index contributed by atoms with van der Waals surface area (Å²) in [5, 5.41) is 0.0336. The SMILES string of the molecule is COCCN1C(=O)S/C(=C/c2cc(Cl)c(OCc3cccc(C)c3)c(OC)c2)C1=O. The fourth-order valence-electron chi connectivity index (χ4n) is 2.95. The molecule has 0 aliphatic carbocycles. The number of hydrogen-bond donors (Lipinski definition) is 0. The number of ether oxygens (including phenoxy) is 3. The second-order valence-corrected chi connectivity index (χ2v) is 8.04. The van der Waals surface area contributed by atoms with Crippen molar-refractivity contribution in [1.82, 2.24) is 4.90 Å². The van der Waals surface area contributed by atoms with Crippen molar-refractivity contribution in [2.45, 2.75) is 13.5 Å². The lowest BCUT2D eigenvalue weighted by Crippen LogP contribution is -2.31. The van der Waals surface area contributed by atoms with Crippen LogP contribution in [0.2, 0.25) is 5.02 Å². The molecule has 1 aliphatic rings. The first-order valence-corrected chi connectivity index (χ1v) is 10.4. The standard InChI is InChI=1S/C22H22ClNO5S/c1-14-5-4-6-15(9-14)13-29-20-17(23)10-16(11-18(20)28-3)12-19-21(25)24(7-8-27-2)22(26)30-19/h4-6,9-12H,7-8,13H2,1-3H3/b19-12+. The van der Waals surface area contributed by atoms with Crippen molar-refractivity contribution in [2.24, 2.45) is 0 Å². The predicted molar refractivity (Wildman–Crippen MR) is 118 cm³/mol. The molecule has 1 heterocycles. The maximum absolute atomic E-state index is 12.5. The Balaban J connectivity index is 1.81. The predicted octanol–water partition coefficient (Wildman–Crippen LogP) is 4.92. The van der Waals surface area contributed by atoms with Crippen LogP contribution in [-0.2, 0) is 16.1 Å². The Morgan fingerprint density at radius 1 is 1.17 bits per heavy atom. The average Bonchev–Trinajstić information content (AvgIpc) is 2.98. The summed E-state index contributed by atoms with van der Waals surface area (Å²) in [5.74, 6) is 0.517. The molecule has 1 saturated heterocycles. The van der Waals surface area contributed by atoms with Crippen LogP contribution < -0.4 is 9.47 Å². The largest absolute Gasteiger partial charge is 0.493 e. The molecule has 0 radical (unpaired) electrons. The fourth-order valence-corrected chi connectivity index (χ4v) is 4.09. The molecule has 30 heavy (non-hydrogen) atoms. The highest BCUT2D eigenvalue weighted by atomic mass is 35.5. The van der Waals surface area contributed by atoms with Gasteiger partial charge in [0, 0.05) is 7.11 Å². The van der Waals surface area contributed by atoms with E-state index in [-0.39, 0.29) is 24.3 Å². The second-order valence-electron chi connectivity index (χ2n) is 6.64. The van der Waals surface area contributed by atoms with E-state index in [4.69, 9.17) is 25.8 Å². The van der Waals surface area contributed by atoms with Crippen LogP contribution >= 0.6 is 23.4 Å². The molecule has 2 amide bonds. The Hall–Kier alpha value is -2.48.